The molecular formula is C7H4Br2FNO2. The third-order valence-electron chi connectivity index (χ3n) is 1.49. The fourth-order valence-electron chi connectivity index (χ4n) is 0.908. The van der Waals surface area contributed by atoms with Gasteiger partial charge >= 0.3 is 5.69 Å². The maximum absolute atomic E-state index is 13.0. The largest absolute Gasteiger partial charge is 0.309 e. The third-order valence-corrected chi connectivity index (χ3v) is 2.80. The lowest BCUT2D eigenvalue weighted by molar-refractivity contribution is -0.388. The molecule has 0 spiro atoms. The van der Waals surface area contributed by atoms with Crippen LogP contribution >= 0.6 is 31.9 Å². The first kappa shape index (κ1) is 10.6. The van der Waals surface area contributed by atoms with Crippen molar-refractivity contribution >= 4 is 37.5 Å². The van der Waals surface area contributed by atoms with Crippen LogP contribution in [0.25, 0.3) is 0 Å². The first-order valence-electron chi connectivity index (χ1n) is 3.25. The Kier molecular flexibility index (Phi) is 3.38. The SMILES string of the molecule is O=[N+]([O-])c1c(F)ccc(Br)c1CBr. The molecule has 70 valence electrons. The molecule has 0 heterocycles. The van der Waals surface area contributed by atoms with Crippen molar-refractivity contribution in [1.29, 1.82) is 0 Å². The summed E-state index contributed by atoms with van der Waals surface area (Å²) in [5.74, 6) is -0.817. The highest BCUT2D eigenvalue weighted by molar-refractivity contribution is 9.10. The molecular weight excluding hydrogens is 309 g/mol. The van der Waals surface area contributed by atoms with Crippen LogP contribution in [0, 0.1) is 15.9 Å². The Morgan fingerprint density at radius 2 is 2.15 bits per heavy atom. The molecule has 0 radical (unpaired) electrons. The zero-order valence-electron chi connectivity index (χ0n) is 6.26. The molecule has 6 heteroatoms. The fraction of sp³-hybridized carbons (Fsp3) is 0.143. The quantitative estimate of drug-likeness (QED) is 0.477. The summed E-state index contributed by atoms with van der Waals surface area (Å²) in [6, 6.07) is 2.51. The molecule has 1 rings (SSSR count). The van der Waals surface area contributed by atoms with E-state index in [0.29, 0.717) is 10.0 Å². The monoisotopic (exact) mass is 311 g/mol. The van der Waals surface area contributed by atoms with Gasteiger partial charge in [-0.1, -0.05) is 31.9 Å². The Balaban J connectivity index is 3.43. The maximum atomic E-state index is 13.0. The number of benzene rings is 1. The molecule has 1 aromatic rings. The number of nitro benzene ring substituents is 1. The molecule has 0 aliphatic carbocycles. The van der Waals surface area contributed by atoms with Crippen LogP contribution in [0.3, 0.4) is 0 Å². The summed E-state index contributed by atoms with van der Waals surface area (Å²) in [5, 5.41) is 10.7. The van der Waals surface area contributed by atoms with Crippen LogP contribution in [0.4, 0.5) is 10.1 Å². The van der Waals surface area contributed by atoms with Crippen molar-refractivity contribution in [2.45, 2.75) is 5.33 Å². The molecule has 0 unspecified atom stereocenters. The van der Waals surface area contributed by atoms with Gasteiger partial charge in [-0.3, -0.25) is 10.1 Å². The van der Waals surface area contributed by atoms with E-state index in [1.165, 1.54) is 6.07 Å². The number of nitrogens with zero attached hydrogens (tertiary/aromatic N) is 1. The van der Waals surface area contributed by atoms with Crippen molar-refractivity contribution in [3.63, 3.8) is 0 Å². The number of halogens is 3. The summed E-state index contributed by atoms with van der Waals surface area (Å²) in [6.45, 7) is 0. The molecule has 0 atom stereocenters. The minimum absolute atomic E-state index is 0.238. The van der Waals surface area contributed by atoms with Gasteiger partial charge in [0.1, 0.15) is 0 Å². The van der Waals surface area contributed by atoms with Crippen LogP contribution in [-0.4, -0.2) is 4.92 Å². The lowest BCUT2D eigenvalue weighted by atomic mass is 10.2. The molecule has 0 amide bonds. The number of nitro groups is 1. The van der Waals surface area contributed by atoms with E-state index in [1.807, 2.05) is 0 Å². The minimum atomic E-state index is -0.817. The number of alkyl halides is 1. The Labute approximate surface area is 90.3 Å². The Bertz CT molecular complexity index is 357. The lowest BCUT2D eigenvalue weighted by Crippen LogP contribution is -1.97. The topological polar surface area (TPSA) is 43.1 Å². The number of hydrogen-bond donors (Lipinski definition) is 0. The fourth-order valence-corrected chi connectivity index (χ4v) is 2.31. The first-order chi connectivity index (χ1) is 6.07. The second-order valence-corrected chi connectivity index (χ2v) is 3.66. The van der Waals surface area contributed by atoms with Crippen LogP contribution in [-0.2, 0) is 5.33 Å². The van der Waals surface area contributed by atoms with Gasteiger partial charge in [0, 0.05) is 9.80 Å². The average molecular weight is 313 g/mol. The summed E-state index contributed by atoms with van der Waals surface area (Å²) in [5.41, 5.74) is -0.170. The van der Waals surface area contributed by atoms with Crippen molar-refractivity contribution in [3.05, 3.63) is 38.1 Å². The van der Waals surface area contributed by atoms with Crippen LogP contribution in [0.1, 0.15) is 5.56 Å². The smallest absolute Gasteiger partial charge is 0.258 e. The summed E-state index contributed by atoms with van der Waals surface area (Å²) >= 11 is 6.17. The van der Waals surface area contributed by atoms with Gasteiger partial charge in [-0.15, -0.1) is 0 Å². The normalized spacial score (nSPS) is 10.1. The lowest BCUT2D eigenvalue weighted by Gasteiger charge is -2.02. The highest BCUT2D eigenvalue weighted by atomic mass is 79.9. The van der Waals surface area contributed by atoms with E-state index in [4.69, 9.17) is 0 Å². The van der Waals surface area contributed by atoms with E-state index in [1.54, 1.807) is 0 Å². The molecule has 3 nitrogen and oxygen atoms in total. The van der Waals surface area contributed by atoms with Crippen molar-refractivity contribution in [1.82, 2.24) is 0 Å². The van der Waals surface area contributed by atoms with Crippen LogP contribution < -0.4 is 0 Å². The summed E-state index contributed by atoms with van der Waals surface area (Å²) < 4.78 is 13.5. The predicted molar refractivity (Wildman–Crippen MR) is 53.4 cm³/mol. The molecule has 0 aromatic heterocycles. The minimum Gasteiger partial charge on any atom is -0.258 e. The molecule has 1 aromatic carbocycles. The highest BCUT2D eigenvalue weighted by Gasteiger charge is 2.21. The van der Waals surface area contributed by atoms with Crippen molar-refractivity contribution < 1.29 is 9.31 Å². The molecule has 13 heavy (non-hydrogen) atoms. The van der Waals surface area contributed by atoms with Crippen LogP contribution in [0.2, 0.25) is 0 Å². The standard InChI is InChI=1S/C7H4Br2FNO2/c8-3-4-5(9)1-2-6(10)7(4)11(12)13/h1-2H,3H2. The average Bonchev–Trinajstić information content (AvgIpc) is 2.07. The van der Waals surface area contributed by atoms with Crippen molar-refractivity contribution in [2.24, 2.45) is 0 Å². The van der Waals surface area contributed by atoms with E-state index >= 15 is 0 Å². The van der Waals surface area contributed by atoms with Gasteiger partial charge in [-0.05, 0) is 12.1 Å². The summed E-state index contributed by atoms with van der Waals surface area (Å²) in [4.78, 5) is 9.75. The summed E-state index contributed by atoms with van der Waals surface area (Å²) in [6.07, 6.45) is 0. The Morgan fingerprint density at radius 1 is 1.54 bits per heavy atom. The zero-order chi connectivity index (χ0) is 10.0. The van der Waals surface area contributed by atoms with E-state index in [-0.39, 0.29) is 5.33 Å². The number of rotatable bonds is 2. The molecule has 0 N–H and O–H groups in total. The third kappa shape index (κ3) is 2.05. The molecule has 0 saturated heterocycles. The summed E-state index contributed by atoms with van der Waals surface area (Å²) in [7, 11) is 0. The maximum Gasteiger partial charge on any atom is 0.309 e. The van der Waals surface area contributed by atoms with E-state index < -0.39 is 16.4 Å². The Morgan fingerprint density at radius 3 is 2.54 bits per heavy atom. The zero-order valence-corrected chi connectivity index (χ0v) is 9.43. The number of hydrogen-bond acceptors (Lipinski definition) is 2. The van der Waals surface area contributed by atoms with Crippen molar-refractivity contribution in [2.75, 3.05) is 0 Å². The van der Waals surface area contributed by atoms with Gasteiger partial charge in [0.05, 0.1) is 10.5 Å². The molecule has 0 saturated carbocycles. The second kappa shape index (κ2) is 4.15. The molecule has 0 aliphatic rings. The van der Waals surface area contributed by atoms with E-state index in [0.717, 1.165) is 6.07 Å². The van der Waals surface area contributed by atoms with E-state index in [9.17, 15) is 14.5 Å². The van der Waals surface area contributed by atoms with Gasteiger partial charge in [-0.2, -0.15) is 4.39 Å². The Hall–Kier alpha value is -0.490. The van der Waals surface area contributed by atoms with Crippen LogP contribution in [0.5, 0.6) is 0 Å². The van der Waals surface area contributed by atoms with Crippen molar-refractivity contribution in [3.8, 4) is 0 Å². The predicted octanol–water partition coefficient (Wildman–Crippen LogP) is 3.39. The molecule has 0 aliphatic heterocycles. The molecule has 0 bridgehead atoms. The van der Waals surface area contributed by atoms with E-state index in [2.05, 4.69) is 31.9 Å². The highest BCUT2D eigenvalue weighted by Crippen LogP contribution is 2.31. The van der Waals surface area contributed by atoms with Gasteiger partial charge in [0.15, 0.2) is 0 Å². The van der Waals surface area contributed by atoms with Gasteiger partial charge < -0.3 is 0 Å². The molecule has 0 fully saturated rings. The second-order valence-electron chi connectivity index (χ2n) is 2.25. The van der Waals surface area contributed by atoms with Crippen LogP contribution in [0.15, 0.2) is 16.6 Å². The first-order valence-corrected chi connectivity index (χ1v) is 5.16. The van der Waals surface area contributed by atoms with Gasteiger partial charge in [-0.25, -0.2) is 0 Å². The van der Waals surface area contributed by atoms with Gasteiger partial charge in [0.2, 0.25) is 5.82 Å². The van der Waals surface area contributed by atoms with Gasteiger partial charge in [0.25, 0.3) is 0 Å².